The van der Waals surface area contributed by atoms with Crippen LogP contribution in [0.3, 0.4) is 0 Å². The molecule has 1 aromatic heterocycles. The fourth-order valence-electron chi connectivity index (χ4n) is 2.70. The van der Waals surface area contributed by atoms with Crippen LogP contribution in [-0.2, 0) is 13.1 Å². The van der Waals surface area contributed by atoms with Gasteiger partial charge in [-0.25, -0.2) is 0 Å². The van der Waals surface area contributed by atoms with E-state index in [2.05, 4.69) is 20.9 Å². The minimum Gasteiger partial charge on any atom is -0.497 e. The van der Waals surface area contributed by atoms with Gasteiger partial charge < -0.3 is 25.1 Å². The number of hydrogen-bond acceptors (Lipinski definition) is 4. The molecule has 0 aliphatic carbocycles. The number of hydrogen-bond donors (Lipinski definition) is 3. The molecule has 1 heterocycles. The number of carbonyl (C=O) groups excluding carboxylic acids is 1. The highest BCUT2D eigenvalue weighted by Crippen LogP contribution is 2.13. The first-order valence-corrected chi connectivity index (χ1v) is 9.19. The third-order valence-corrected chi connectivity index (χ3v) is 4.23. The van der Waals surface area contributed by atoms with Gasteiger partial charge in [0.2, 0.25) is 0 Å². The topological polar surface area (TPSA) is 87.9 Å². The van der Waals surface area contributed by atoms with E-state index in [-0.39, 0.29) is 35.6 Å². The van der Waals surface area contributed by atoms with Crippen LogP contribution in [0.2, 0.25) is 0 Å². The van der Waals surface area contributed by atoms with E-state index in [1.165, 1.54) is 6.26 Å². The van der Waals surface area contributed by atoms with Gasteiger partial charge in [0.15, 0.2) is 11.7 Å². The molecule has 8 heteroatoms. The monoisotopic (exact) mass is 520 g/mol. The molecule has 0 aliphatic rings. The van der Waals surface area contributed by atoms with Gasteiger partial charge in [-0.1, -0.05) is 24.3 Å². The van der Waals surface area contributed by atoms with E-state index in [0.29, 0.717) is 24.7 Å². The number of amides is 1. The Morgan fingerprint density at radius 1 is 1.00 bits per heavy atom. The smallest absolute Gasteiger partial charge is 0.291 e. The molecule has 3 aromatic rings. The van der Waals surface area contributed by atoms with Crippen LogP contribution in [-0.4, -0.2) is 26.0 Å². The highest BCUT2D eigenvalue weighted by atomic mass is 127. The van der Waals surface area contributed by atoms with Crippen LogP contribution < -0.4 is 20.7 Å². The zero-order valence-electron chi connectivity index (χ0n) is 16.8. The second kappa shape index (κ2) is 11.9. The van der Waals surface area contributed by atoms with Gasteiger partial charge in [0.1, 0.15) is 5.75 Å². The van der Waals surface area contributed by atoms with Crippen molar-refractivity contribution in [2.45, 2.75) is 13.1 Å². The molecule has 7 nitrogen and oxygen atoms in total. The van der Waals surface area contributed by atoms with E-state index >= 15 is 0 Å². The average Bonchev–Trinajstić information content (AvgIpc) is 3.30. The molecule has 2 aromatic carbocycles. The van der Waals surface area contributed by atoms with Crippen molar-refractivity contribution in [3.05, 3.63) is 83.8 Å². The molecule has 1 amide bonds. The second-order valence-corrected chi connectivity index (χ2v) is 6.26. The van der Waals surface area contributed by atoms with Gasteiger partial charge in [0.05, 0.1) is 13.4 Å². The second-order valence-electron chi connectivity index (χ2n) is 6.26. The third kappa shape index (κ3) is 6.80. The van der Waals surface area contributed by atoms with Crippen LogP contribution >= 0.6 is 24.0 Å². The number of methoxy groups -OCH3 is 1. The van der Waals surface area contributed by atoms with Crippen molar-refractivity contribution in [2.75, 3.05) is 19.5 Å². The molecule has 0 fully saturated rings. The van der Waals surface area contributed by atoms with E-state index < -0.39 is 0 Å². The highest BCUT2D eigenvalue weighted by Gasteiger charge is 2.09. The minimum atomic E-state index is -0.280. The molecule has 0 atom stereocenters. The van der Waals surface area contributed by atoms with Crippen molar-refractivity contribution in [3.8, 4) is 5.75 Å². The van der Waals surface area contributed by atoms with E-state index in [4.69, 9.17) is 9.15 Å². The maximum Gasteiger partial charge on any atom is 0.291 e. The highest BCUT2D eigenvalue weighted by molar-refractivity contribution is 14.0. The minimum absolute atomic E-state index is 0. The number of rotatable bonds is 7. The standard InChI is InChI=1S/C22H24N4O3.HI/c1-23-22(24-14-16-8-10-19(28-2)11-9-16)25-15-17-5-3-6-18(13-17)26-21(27)20-7-4-12-29-20;/h3-13H,14-15H2,1-2H3,(H,26,27)(H2,23,24,25);1H. The van der Waals surface area contributed by atoms with Crippen molar-refractivity contribution >= 4 is 41.5 Å². The number of furan rings is 1. The van der Waals surface area contributed by atoms with Gasteiger partial charge in [-0.3, -0.25) is 9.79 Å². The Kier molecular flexibility index (Phi) is 9.20. The van der Waals surface area contributed by atoms with E-state index in [0.717, 1.165) is 16.9 Å². The number of nitrogens with zero attached hydrogens (tertiary/aromatic N) is 1. The fourth-order valence-corrected chi connectivity index (χ4v) is 2.70. The largest absolute Gasteiger partial charge is 0.497 e. The lowest BCUT2D eigenvalue weighted by atomic mass is 10.2. The summed E-state index contributed by atoms with van der Waals surface area (Å²) in [6.45, 7) is 1.20. The number of aliphatic imine (C=N–C) groups is 1. The number of guanidine groups is 1. The van der Waals surface area contributed by atoms with Crippen molar-refractivity contribution in [2.24, 2.45) is 4.99 Å². The Morgan fingerprint density at radius 2 is 1.73 bits per heavy atom. The predicted octanol–water partition coefficient (Wildman–Crippen LogP) is 4.02. The summed E-state index contributed by atoms with van der Waals surface area (Å²) in [6, 6.07) is 18.8. The van der Waals surface area contributed by atoms with Crippen molar-refractivity contribution in [1.29, 1.82) is 0 Å². The molecule has 0 spiro atoms. The van der Waals surface area contributed by atoms with Crippen LogP contribution in [0.25, 0.3) is 0 Å². The number of halogens is 1. The maximum absolute atomic E-state index is 12.1. The Labute approximate surface area is 192 Å². The summed E-state index contributed by atoms with van der Waals surface area (Å²) in [5.74, 6) is 1.51. The average molecular weight is 520 g/mol. The Balaban J connectivity index is 0.00000320. The first-order chi connectivity index (χ1) is 14.2. The van der Waals surface area contributed by atoms with E-state index in [1.54, 1.807) is 26.3 Å². The molecule has 158 valence electrons. The molecule has 0 saturated heterocycles. The number of anilines is 1. The lowest BCUT2D eigenvalue weighted by Gasteiger charge is -2.13. The lowest BCUT2D eigenvalue weighted by molar-refractivity contribution is 0.0996. The molecular weight excluding hydrogens is 495 g/mol. The predicted molar refractivity (Wildman–Crippen MR) is 129 cm³/mol. The summed E-state index contributed by atoms with van der Waals surface area (Å²) >= 11 is 0. The molecule has 3 rings (SSSR count). The maximum atomic E-state index is 12.1. The Hall–Kier alpha value is -3.01. The van der Waals surface area contributed by atoms with E-state index in [1.807, 2.05) is 48.5 Å². The van der Waals surface area contributed by atoms with Crippen LogP contribution in [0.5, 0.6) is 5.75 Å². The van der Waals surface area contributed by atoms with Crippen molar-refractivity contribution < 1.29 is 13.9 Å². The third-order valence-electron chi connectivity index (χ3n) is 4.23. The van der Waals surface area contributed by atoms with Crippen LogP contribution in [0.4, 0.5) is 5.69 Å². The Bertz CT molecular complexity index is 957. The number of nitrogens with one attached hydrogen (secondary N) is 3. The normalized spacial score (nSPS) is 10.7. The van der Waals surface area contributed by atoms with Gasteiger partial charge >= 0.3 is 0 Å². The van der Waals surface area contributed by atoms with Crippen LogP contribution in [0.15, 0.2) is 76.3 Å². The molecule has 3 N–H and O–H groups in total. The zero-order valence-corrected chi connectivity index (χ0v) is 19.2. The molecule has 30 heavy (non-hydrogen) atoms. The fraction of sp³-hybridized carbons (Fsp3) is 0.182. The van der Waals surface area contributed by atoms with Gasteiger partial charge in [0, 0.05) is 25.8 Å². The molecule has 0 radical (unpaired) electrons. The summed E-state index contributed by atoms with van der Waals surface area (Å²) in [7, 11) is 3.37. The Morgan fingerprint density at radius 3 is 2.37 bits per heavy atom. The van der Waals surface area contributed by atoms with Crippen LogP contribution in [0, 0.1) is 0 Å². The summed E-state index contributed by atoms with van der Waals surface area (Å²) in [6.07, 6.45) is 1.47. The molecule has 0 aliphatic heterocycles. The summed E-state index contributed by atoms with van der Waals surface area (Å²) < 4.78 is 10.3. The number of benzene rings is 2. The van der Waals surface area contributed by atoms with Gasteiger partial charge in [0.25, 0.3) is 5.91 Å². The van der Waals surface area contributed by atoms with E-state index in [9.17, 15) is 4.79 Å². The number of carbonyl (C=O) groups is 1. The lowest BCUT2D eigenvalue weighted by Crippen LogP contribution is -2.36. The summed E-state index contributed by atoms with van der Waals surface area (Å²) in [5.41, 5.74) is 2.83. The quantitative estimate of drug-likeness (QED) is 0.249. The first kappa shape index (κ1) is 23.3. The van der Waals surface area contributed by atoms with Crippen molar-refractivity contribution in [3.63, 3.8) is 0 Å². The van der Waals surface area contributed by atoms with Crippen LogP contribution in [0.1, 0.15) is 21.7 Å². The molecule has 0 bridgehead atoms. The molecule has 0 saturated carbocycles. The zero-order chi connectivity index (χ0) is 20.5. The molecule has 0 unspecified atom stereocenters. The van der Waals surface area contributed by atoms with Gasteiger partial charge in [-0.05, 0) is 47.5 Å². The summed E-state index contributed by atoms with van der Waals surface area (Å²) in [4.78, 5) is 16.3. The van der Waals surface area contributed by atoms with Gasteiger partial charge in [-0.15, -0.1) is 24.0 Å². The molecular formula is C22H25IN4O3. The van der Waals surface area contributed by atoms with Gasteiger partial charge in [-0.2, -0.15) is 0 Å². The summed E-state index contributed by atoms with van der Waals surface area (Å²) in [5, 5.41) is 9.37. The first-order valence-electron chi connectivity index (χ1n) is 9.19. The van der Waals surface area contributed by atoms with Crippen molar-refractivity contribution in [1.82, 2.24) is 10.6 Å². The SMILES string of the molecule is CN=C(NCc1ccc(OC)cc1)NCc1cccc(NC(=O)c2ccco2)c1.I. The number of ether oxygens (including phenoxy) is 1.